The number of nitrogens with one attached hydrogen (secondary N) is 1. The third-order valence-corrected chi connectivity index (χ3v) is 3.09. The number of benzene rings is 1. The highest BCUT2D eigenvalue weighted by atomic mass is 16.4. The second kappa shape index (κ2) is 6.22. The summed E-state index contributed by atoms with van der Waals surface area (Å²) in [7, 11) is 0. The lowest BCUT2D eigenvalue weighted by Gasteiger charge is -2.22. The Bertz CT molecular complexity index is 443. The molecule has 1 aliphatic rings. The average molecular weight is 262 g/mol. The van der Waals surface area contributed by atoms with E-state index in [2.05, 4.69) is 5.32 Å². The molecule has 0 spiro atoms. The highest BCUT2D eigenvalue weighted by Crippen LogP contribution is 2.27. The predicted molar refractivity (Wildman–Crippen MR) is 71.9 cm³/mol. The molecule has 2 N–H and O–H groups in total. The number of carbonyl (C=O) groups excluding carboxylic acids is 1. The summed E-state index contributed by atoms with van der Waals surface area (Å²) in [6.07, 6.45) is 1.97. The summed E-state index contributed by atoms with van der Waals surface area (Å²) >= 11 is 0. The lowest BCUT2D eigenvalue weighted by molar-refractivity contribution is -0.138. The Labute approximate surface area is 112 Å². The minimum absolute atomic E-state index is 0.00752. The summed E-state index contributed by atoms with van der Waals surface area (Å²) in [5.74, 6) is -0.901. The first-order valence-electron chi connectivity index (χ1n) is 6.47. The zero-order valence-corrected chi connectivity index (χ0v) is 10.7. The van der Waals surface area contributed by atoms with E-state index in [1.165, 1.54) is 0 Å². The quantitative estimate of drug-likeness (QED) is 0.782. The van der Waals surface area contributed by atoms with Gasteiger partial charge >= 0.3 is 5.97 Å². The van der Waals surface area contributed by atoms with Gasteiger partial charge in [-0.25, -0.2) is 0 Å². The Balaban J connectivity index is 1.83. The summed E-state index contributed by atoms with van der Waals surface area (Å²) in [5, 5.41) is 11.8. The van der Waals surface area contributed by atoms with E-state index in [0.29, 0.717) is 6.54 Å². The topological polar surface area (TPSA) is 69.6 Å². The minimum atomic E-state index is -0.866. The van der Waals surface area contributed by atoms with Crippen molar-refractivity contribution in [2.24, 2.45) is 0 Å². The van der Waals surface area contributed by atoms with Crippen LogP contribution in [0.25, 0.3) is 0 Å². The van der Waals surface area contributed by atoms with E-state index in [4.69, 9.17) is 5.11 Å². The molecule has 2 rings (SSSR count). The van der Waals surface area contributed by atoms with E-state index in [-0.39, 0.29) is 24.9 Å². The minimum Gasteiger partial charge on any atom is -0.481 e. The van der Waals surface area contributed by atoms with Crippen molar-refractivity contribution in [3.63, 3.8) is 0 Å². The first kappa shape index (κ1) is 13.4. The molecule has 1 saturated carbocycles. The molecule has 19 heavy (non-hydrogen) atoms. The van der Waals surface area contributed by atoms with Crippen LogP contribution in [0.1, 0.15) is 19.3 Å². The maximum Gasteiger partial charge on any atom is 0.305 e. The van der Waals surface area contributed by atoms with Crippen molar-refractivity contribution >= 4 is 17.6 Å². The van der Waals surface area contributed by atoms with Crippen molar-refractivity contribution in [3.8, 4) is 0 Å². The molecule has 1 fully saturated rings. The van der Waals surface area contributed by atoms with Crippen LogP contribution in [0.15, 0.2) is 30.3 Å². The molecule has 0 unspecified atom stereocenters. The van der Waals surface area contributed by atoms with Crippen LogP contribution in [0.4, 0.5) is 5.69 Å². The number of carboxylic acids is 1. The number of aliphatic carboxylic acids is 1. The lowest BCUT2D eigenvalue weighted by Crippen LogP contribution is -2.38. The van der Waals surface area contributed by atoms with Crippen molar-refractivity contribution in [2.75, 3.05) is 18.4 Å². The molecular weight excluding hydrogens is 244 g/mol. The number of anilines is 1. The van der Waals surface area contributed by atoms with Crippen LogP contribution in [0.3, 0.4) is 0 Å². The third kappa shape index (κ3) is 4.28. The number of para-hydroxylation sites is 1. The smallest absolute Gasteiger partial charge is 0.305 e. The summed E-state index contributed by atoms with van der Waals surface area (Å²) in [6, 6.07) is 9.74. The Hall–Kier alpha value is -2.04. The molecule has 102 valence electrons. The van der Waals surface area contributed by atoms with Crippen LogP contribution in [-0.2, 0) is 9.59 Å². The van der Waals surface area contributed by atoms with Crippen LogP contribution >= 0.6 is 0 Å². The van der Waals surface area contributed by atoms with Gasteiger partial charge in [-0.05, 0) is 25.0 Å². The van der Waals surface area contributed by atoms with Gasteiger partial charge in [0.1, 0.15) is 0 Å². The number of rotatable bonds is 7. The largest absolute Gasteiger partial charge is 0.481 e. The van der Waals surface area contributed by atoms with Gasteiger partial charge in [0.2, 0.25) is 5.91 Å². The number of carbonyl (C=O) groups is 2. The van der Waals surface area contributed by atoms with Gasteiger partial charge in [0.05, 0.1) is 13.0 Å². The van der Waals surface area contributed by atoms with E-state index in [1.54, 1.807) is 4.90 Å². The number of carboxylic acid groups (broad SMARTS) is 1. The molecule has 1 aromatic rings. The summed E-state index contributed by atoms with van der Waals surface area (Å²) in [4.78, 5) is 24.4. The normalized spacial score (nSPS) is 13.9. The molecule has 0 bridgehead atoms. The fourth-order valence-corrected chi connectivity index (χ4v) is 1.95. The number of hydrogen-bond acceptors (Lipinski definition) is 3. The second-order valence-electron chi connectivity index (χ2n) is 4.68. The van der Waals surface area contributed by atoms with E-state index in [0.717, 1.165) is 18.5 Å². The fraction of sp³-hybridized carbons (Fsp3) is 0.429. The van der Waals surface area contributed by atoms with Gasteiger partial charge < -0.3 is 15.3 Å². The summed E-state index contributed by atoms with van der Waals surface area (Å²) < 4.78 is 0. The average Bonchev–Trinajstić information content (AvgIpc) is 3.22. The number of nitrogens with zero attached hydrogens (tertiary/aromatic N) is 1. The zero-order valence-electron chi connectivity index (χ0n) is 10.7. The summed E-state index contributed by atoms with van der Waals surface area (Å²) in [5.41, 5.74) is 0.893. The van der Waals surface area contributed by atoms with Crippen LogP contribution in [0.2, 0.25) is 0 Å². The van der Waals surface area contributed by atoms with Crippen LogP contribution in [0, 0.1) is 0 Å². The van der Waals surface area contributed by atoms with Gasteiger partial charge in [0.15, 0.2) is 0 Å². The molecule has 0 radical (unpaired) electrons. The van der Waals surface area contributed by atoms with Crippen molar-refractivity contribution < 1.29 is 14.7 Å². The highest BCUT2D eigenvalue weighted by Gasteiger charge is 2.32. The first-order valence-corrected chi connectivity index (χ1v) is 6.47. The van der Waals surface area contributed by atoms with Crippen molar-refractivity contribution in [3.05, 3.63) is 30.3 Å². The van der Waals surface area contributed by atoms with Gasteiger partial charge in [-0.3, -0.25) is 9.59 Å². The van der Waals surface area contributed by atoms with E-state index < -0.39 is 5.97 Å². The van der Waals surface area contributed by atoms with Gasteiger partial charge in [-0.15, -0.1) is 0 Å². The molecule has 0 heterocycles. The second-order valence-corrected chi connectivity index (χ2v) is 4.68. The van der Waals surface area contributed by atoms with E-state index in [9.17, 15) is 9.59 Å². The van der Waals surface area contributed by atoms with Gasteiger partial charge in [-0.1, -0.05) is 18.2 Å². The molecule has 1 amide bonds. The monoisotopic (exact) mass is 262 g/mol. The van der Waals surface area contributed by atoms with Gasteiger partial charge in [0, 0.05) is 18.3 Å². The SMILES string of the molecule is O=C(O)CCN(C(=O)CNc1ccccc1)C1CC1. The maximum absolute atomic E-state index is 12.1. The third-order valence-electron chi connectivity index (χ3n) is 3.09. The van der Waals surface area contributed by atoms with Gasteiger partial charge in [0.25, 0.3) is 0 Å². The molecule has 5 nitrogen and oxygen atoms in total. The van der Waals surface area contributed by atoms with Crippen LogP contribution in [-0.4, -0.2) is 41.0 Å². The standard InChI is InChI=1S/C14H18N2O3/c17-13(10-15-11-4-2-1-3-5-11)16(12-6-7-12)9-8-14(18)19/h1-5,12,15H,6-10H2,(H,18,19). The summed E-state index contributed by atoms with van der Waals surface area (Å²) in [6.45, 7) is 0.509. The first-order chi connectivity index (χ1) is 9.16. The molecule has 1 aromatic carbocycles. The molecule has 5 heteroatoms. The van der Waals surface area contributed by atoms with Crippen LogP contribution < -0.4 is 5.32 Å². The molecule has 0 atom stereocenters. The van der Waals surface area contributed by atoms with Crippen LogP contribution in [0.5, 0.6) is 0 Å². The van der Waals surface area contributed by atoms with E-state index in [1.807, 2.05) is 30.3 Å². The Morgan fingerprint density at radius 2 is 1.95 bits per heavy atom. The maximum atomic E-state index is 12.1. The van der Waals surface area contributed by atoms with Gasteiger partial charge in [-0.2, -0.15) is 0 Å². The Morgan fingerprint density at radius 3 is 2.53 bits per heavy atom. The number of hydrogen-bond donors (Lipinski definition) is 2. The van der Waals surface area contributed by atoms with Crippen molar-refractivity contribution in [1.29, 1.82) is 0 Å². The Kier molecular flexibility index (Phi) is 4.39. The predicted octanol–water partition coefficient (Wildman–Crippen LogP) is 1.56. The fourth-order valence-electron chi connectivity index (χ4n) is 1.95. The molecule has 0 aliphatic heterocycles. The lowest BCUT2D eigenvalue weighted by atomic mass is 10.3. The molecule has 0 saturated heterocycles. The molecule has 0 aromatic heterocycles. The zero-order chi connectivity index (χ0) is 13.7. The highest BCUT2D eigenvalue weighted by molar-refractivity contribution is 5.82. The van der Waals surface area contributed by atoms with Crippen molar-refractivity contribution in [1.82, 2.24) is 4.90 Å². The van der Waals surface area contributed by atoms with Crippen molar-refractivity contribution in [2.45, 2.75) is 25.3 Å². The number of amides is 1. The Morgan fingerprint density at radius 1 is 1.26 bits per heavy atom. The molecule has 1 aliphatic carbocycles. The molecular formula is C14H18N2O3. The van der Waals surface area contributed by atoms with E-state index >= 15 is 0 Å².